The van der Waals surface area contributed by atoms with Crippen molar-refractivity contribution < 1.29 is 0 Å². The molecule has 0 radical (unpaired) electrons. The monoisotopic (exact) mass is 296 g/mol. The Morgan fingerprint density at radius 2 is 1.68 bits per heavy atom. The van der Waals surface area contributed by atoms with Crippen molar-refractivity contribution in [3.63, 3.8) is 0 Å². The first-order valence-corrected chi connectivity index (χ1v) is 9.21. The summed E-state index contributed by atoms with van der Waals surface area (Å²) < 4.78 is 0. The molecule has 1 fully saturated rings. The highest BCUT2D eigenvalue weighted by molar-refractivity contribution is 5.26. The topological polar surface area (TPSA) is 0 Å². The summed E-state index contributed by atoms with van der Waals surface area (Å²) in [5.74, 6) is 1.58. The Bertz CT molecular complexity index is 455. The normalized spacial score (nSPS) is 22.6. The molecule has 0 saturated heterocycles. The van der Waals surface area contributed by atoms with E-state index in [1.165, 1.54) is 56.9 Å². The van der Waals surface area contributed by atoms with Crippen molar-refractivity contribution in [1.29, 1.82) is 0 Å². The second kappa shape index (κ2) is 9.66. The molecule has 0 aliphatic heterocycles. The molecule has 0 amide bonds. The molecule has 1 aromatic rings. The van der Waals surface area contributed by atoms with Gasteiger partial charge in [-0.1, -0.05) is 68.3 Å². The van der Waals surface area contributed by atoms with E-state index in [1.807, 2.05) is 0 Å². The van der Waals surface area contributed by atoms with Crippen LogP contribution < -0.4 is 0 Å². The average molecular weight is 296 g/mol. The SMILES string of the molecule is CC=CC=CC1CCC(c2ccc(CCCCC)cc2)CC1. The van der Waals surface area contributed by atoms with Gasteiger partial charge < -0.3 is 0 Å². The van der Waals surface area contributed by atoms with Crippen LogP contribution in [0.2, 0.25) is 0 Å². The van der Waals surface area contributed by atoms with Crippen LogP contribution in [0.4, 0.5) is 0 Å². The lowest BCUT2D eigenvalue weighted by molar-refractivity contribution is 0.376. The van der Waals surface area contributed by atoms with Crippen LogP contribution in [-0.2, 0) is 6.42 Å². The molecule has 0 N–H and O–H groups in total. The zero-order valence-corrected chi connectivity index (χ0v) is 14.4. The van der Waals surface area contributed by atoms with Gasteiger partial charge in [-0.2, -0.15) is 0 Å². The number of rotatable bonds is 7. The summed E-state index contributed by atoms with van der Waals surface area (Å²) in [6, 6.07) is 9.51. The molecule has 1 aliphatic rings. The Kier molecular flexibility index (Phi) is 7.49. The quantitative estimate of drug-likeness (QED) is 0.382. The number of allylic oxidation sites excluding steroid dienone is 4. The van der Waals surface area contributed by atoms with E-state index in [4.69, 9.17) is 0 Å². The molecule has 0 bridgehead atoms. The summed E-state index contributed by atoms with van der Waals surface area (Å²) in [6.45, 7) is 4.35. The molecule has 120 valence electrons. The van der Waals surface area contributed by atoms with Gasteiger partial charge in [0.15, 0.2) is 0 Å². The largest absolute Gasteiger partial charge is 0.0877 e. The van der Waals surface area contributed by atoms with Gasteiger partial charge in [-0.05, 0) is 68.4 Å². The molecule has 0 unspecified atom stereocenters. The third kappa shape index (κ3) is 5.48. The predicted octanol–water partition coefficient (Wildman–Crippen LogP) is 6.83. The van der Waals surface area contributed by atoms with E-state index >= 15 is 0 Å². The molecule has 0 heteroatoms. The highest BCUT2D eigenvalue weighted by Crippen LogP contribution is 2.36. The summed E-state index contributed by atoms with van der Waals surface area (Å²) in [6.07, 6.45) is 19.5. The Labute approximate surface area is 137 Å². The van der Waals surface area contributed by atoms with Crippen molar-refractivity contribution >= 4 is 0 Å². The maximum Gasteiger partial charge on any atom is -0.0162 e. The lowest BCUT2D eigenvalue weighted by Crippen LogP contribution is -2.11. The summed E-state index contributed by atoms with van der Waals surface area (Å²) in [5, 5.41) is 0. The lowest BCUT2D eigenvalue weighted by Gasteiger charge is -2.27. The van der Waals surface area contributed by atoms with E-state index in [1.54, 1.807) is 5.56 Å². The van der Waals surface area contributed by atoms with Gasteiger partial charge in [-0.15, -0.1) is 0 Å². The third-order valence-corrected chi connectivity index (χ3v) is 4.98. The number of aryl methyl sites for hydroxylation is 1. The number of hydrogen-bond donors (Lipinski definition) is 0. The molecule has 0 aromatic heterocycles. The number of benzene rings is 1. The van der Waals surface area contributed by atoms with Gasteiger partial charge in [-0.3, -0.25) is 0 Å². The fraction of sp³-hybridized carbons (Fsp3) is 0.545. The van der Waals surface area contributed by atoms with Crippen molar-refractivity contribution in [3.05, 3.63) is 59.7 Å². The van der Waals surface area contributed by atoms with Crippen LogP contribution in [0.5, 0.6) is 0 Å². The Morgan fingerprint density at radius 1 is 0.955 bits per heavy atom. The first-order chi connectivity index (χ1) is 10.8. The summed E-state index contributed by atoms with van der Waals surface area (Å²) >= 11 is 0. The van der Waals surface area contributed by atoms with E-state index in [9.17, 15) is 0 Å². The fourth-order valence-corrected chi connectivity index (χ4v) is 3.51. The summed E-state index contributed by atoms with van der Waals surface area (Å²) in [5.41, 5.74) is 3.08. The van der Waals surface area contributed by atoms with Gasteiger partial charge in [0, 0.05) is 0 Å². The van der Waals surface area contributed by atoms with Crippen LogP contribution in [-0.4, -0.2) is 0 Å². The summed E-state index contributed by atoms with van der Waals surface area (Å²) in [4.78, 5) is 0. The van der Waals surface area contributed by atoms with Crippen molar-refractivity contribution in [3.8, 4) is 0 Å². The molecule has 1 aromatic carbocycles. The van der Waals surface area contributed by atoms with Crippen molar-refractivity contribution in [2.45, 2.75) is 71.1 Å². The van der Waals surface area contributed by atoms with Gasteiger partial charge >= 0.3 is 0 Å². The van der Waals surface area contributed by atoms with E-state index in [0.29, 0.717) is 0 Å². The van der Waals surface area contributed by atoms with Gasteiger partial charge in [0.2, 0.25) is 0 Å². The first-order valence-electron chi connectivity index (χ1n) is 9.21. The van der Waals surface area contributed by atoms with Gasteiger partial charge in [0.1, 0.15) is 0 Å². The molecule has 1 aliphatic carbocycles. The van der Waals surface area contributed by atoms with Crippen LogP contribution in [0, 0.1) is 5.92 Å². The lowest BCUT2D eigenvalue weighted by atomic mass is 9.78. The highest BCUT2D eigenvalue weighted by atomic mass is 14.3. The smallest absolute Gasteiger partial charge is 0.0162 e. The average Bonchev–Trinajstić information content (AvgIpc) is 2.57. The molecular weight excluding hydrogens is 264 g/mol. The molecule has 0 heterocycles. The maximum atomic E-state index is 2.40. The molecule has 0 spiro atoms. The van der Waals surface area contributed by atoms with E-state index in [-0.39, 0.29) is 0 Å². The Hall–Kier alpha value is -1.30. The molecular formula is C22H32. The minimum atomic E-state index is 0.788. The van der Waals surface area contributed by atoms with Crippen LogP contribution in [0.3, 0.4) is 0 Å². The van der Waals surface area contributed by atoms with Crippen LogP contribution in [0.1, 0.15) is 75.8 Å². The fourth-order valence-electron chi connectivity index (χ4n) is 3.51. The zero-order chi connectivity index (χ0) is 15.6. The predicted molar refractivity (Wildman–Crippen MR) is 98.3 cm³/mol. The summed E-state index contributed by atoms with van der Waals surface area (Å²) in [7, 11) is 0. The maximum absolute atomic E-state index is 2.40. The Balaban J connectivity index is 1.81. The second-order valence-electron chi connectivity index (χ2n) is 6.72. The highest BCUT2D eigenvalue weighted by Gasteiger charge is 2.20. The molecule has 0 atom stereocenters. The van der Waals surface area contributed by atoms with E-state index in [0.717, 1.165) is 11.8 Å². The van der Waals surface area contributed by atoms with Crippen molar-refractivity contribution in [2.24, 2.45) is 5.92 Å². The molecule has 0 nitrogen and oxygen atoms in total. The first kappa shape index (κ1) is 17.1. The standard InChI is InChI=1S/C22H32/c1-3-5-7-9-19-11-15-21(16-12-19)22-17-13-20(14-18-22)10-8-6-4-2/h3,5,7,9,13-14,17-19,21H,4,6,8,10-12,15-16H2,1-2H3. The number of unbranched alkanes of at least 4 members (excludes halogenated alkanes) is 2. The molecule has 1 saturated carbocycles. The molecule has 2 rings (SSSR count). The third-order valence-electron chi connectivity index (χ3n) is 4.98. The minimum Gasteiger partial charge on any atom is -0.0877 e. The van der Waals surface area contributed by atoms with Gasteiger partial charge in [0.25, 0.3) is 0 Å². The van der Waals surface area contributed by atoms with Crippen LogP contribution >= 0.6 is 0 Å². The van der Waals surface area contributed by atoms with Gasteiger partial charge in [0.05, 0.1) is 0 Å². The van der Waals surface area contributed by atoms with Crippen LogP contribution in [0.15, 0.2) is 48.6 Å². The molecule has 22 heavy (non-hydrogen) atoms. The van der Waals surface area contributed by atoms with Crippen molar-refractivity contribution in [2.75, 3.05) is 0 Å². The Morgan fingerprint density at radius 3 is 2.32 bits per heavy atom. The van der Waals surface area contributed by atoms with Gasteiger partial charge in [-0.25, -0.2) is 0 Å². The van der Waals surface area contributed by atoms with E-state index < -0.39 is 0 Å². The van der Waals surface area contributed by atoms with E-state index in [2.05, 4.69) is 62.4 Å². The van der Waals surface area contributed by atoms with Crippen LogP contribution in [0.25, 0.3) is 0 Å². The number of hydrogen-bond acceptors (Lipinski definition) is 0. The zero-order valence-electron chi connectivity index (χ0n) is 14.4. The van der Waals surface area contributed by atoms with Crippen molar-refractivity contribution in [1.82, 2.24) is 0 Å². The second-order valence-corrected chi connectivity index (χ2v) is 6.72. The minimum absolute atomic E-state index is 0.788.